The average Bonchev–Trinajstić information content (AvgIpc) is 3.39. The van der Waals surface area contributed by atoms with E-state index in [2.05, 4.69) is 0 Å². The highest BCUT2D eigenvalue weighted by Crippen LogP contribution is 2.55. The quantitative estimate of drug-likeness (QED) is 0.353. The standard InChI is InChI=1S/C31H26N2O4S/c1-22-16-18-25(19-17-22)38(36,37)33-21-27(24-12-6-3-7-13-24)31(30(33)35)26-14-8-9-15-28(26)32(29(31)34)20-23-10-4-2-5-11-23/h2-19,27H,20-21H2,1H3/t27-,31-/m0/s1. The van der Waals surface area contributed by atoms with Gasteiger partial charge in [0.25, 0.3) is 15.9 Å². The first-order chi connectivity index (χ1) is 18.3. The summed E-state index contributed by atoms with van der Waals surface area (Å²) in [6.45, 7) is 2.02. The Balaban J connectivity index is 1.54. The summed E-state index contributed by atoms with van der Waals surface area (Å²) in [5, 5.41) is 0. The molecular formula is C31H26N2O4S. The van der Waals surface area contributed by atoms with E-state index in [1.165, 1.54) is 12.1 Å². The van der Waals surface area contributed by atoms with Crippen molar-refractivity contribution in [3.63, 3.8) is 0 Å². The van der Waals surface area contributed by atoms with E-state index in [-0.39, 0.29) is 18.0 Å². The Morgan fingerprint density at radius 2 is 1.37 bits per heavy atom. The number of para-hydroxylation sites is 1. The maximum absolute atomic E-state index is 14.5. The number of sulfonamides is 1. The number of hydrogen-bond donors (Lipinski definition) is 0. The fourth-order valence-corrected chi connectivity index (χ4v) is 7.21. The second-order valence-electron chi connectivity index (χ2n) is 9.82. The van der Waals surface area contributed by atoms with Crippen molar-refractivity contribution in [1.29, 1.82) is 0 Å². The van der Waals surface area contributed by atoms with Crippen molar-refractivity contribution in [3.8, 4) is 0 Å². The molecule has 0 aromatic heterocycles. The number of hydrogen-bond acceptors (Lipinski definition) is 4. The second-order valence-corrected chi connectivity index (χ2v) is 11.7. The summed E-state index contributed by atoms with van der Waals surface area (Å²) in [6.07, 6.45) is 0. The number of amides is 2. The predicted molar refractivity (Wildman–Crippen MR) is 145 cm³/mol. The Kier molecular flexibility index (Phi) is 5.69. The van der Waals surface area contributed by atoms with Gasteiger partial charge in [0.1, 0.15) is 0 Å². The van der Waals surface area contributed by atoms with Crippen molar-refractivity contribution < 1.29 is 18.0 Å². The van der Waals surface area contributed by atoms with Gasteiger partial charge in [0.2, 0.25) is 5.91 Å². The fourth-order valence-electron chi connectivity index (χ4n) is 5.76. The van der Waals surface area contributed by atoms with Crippen LogP contribution in [0, 0.1) is 6.92 Å². The van der Waals surface area contributed by atoms with Crippen LogP contribution in [-0.2, 0) is 31.6 Å². The van der Waals surface area contributed by atoms with Crippen molar-refractivity contribution in [2.45, 2.75) is 29.7 Å². The van der Waals surface area contributed by atoms with Crippen LogP contribution < -0.4 is 4.90 Å². The first-order valence-corrected chi connectivity index (χ1v) is 13.9. The number of anilines is 1. The predicted octanol–water partition coefficient (Wildman–Crippen LogP) is 4.79. The molecule has 38 heavy (non-hydrogen) atoms. The molecule has 0 N–H and O–H groups in total. The maximum atomic E-state index is 14.5. The Morgan fingerprint density at radius 3 is 2.05 bits per heavy atom. The summed E-state index contributed by atoms with van der Waals surface area (Å²) in [7, 11) is -4.20. The minimum atomic E-state index is -4.20. The third-order valence-corrected chi connectivity index (χ3v) is 9.39. The summed E-state index contributed by atoms with van der Waals surface area (Å²) < 4.78 is 28.6. The molecule has 0 aliphatic carbocycles. The van der Waals surface area contributed by atoms with Gasteiger partial charge in [-0.05, 0) is 36.2 Å². The van der Waals surface area contributed by atoms with E-state index in [0.29, 0.717) is 11.3 Å². The number of carbonyl (C=O) groups is 2. The van der Waals surface area contributed by atoms with Gasteiger partial charge in [0.05, 0.1) is 11.4 Å². The van der Waals surface area contributed by atoms with Crippen LogP contribution in [0.5, 0.6) is 0 Å². The van der Waals surface area contributed by atoms with Crippen molar-refractivity contribution in [2.24, 2.45) is 0 Å². The molecule has 0 unspecified atom stereocenters. The number of rotatable bonds is 5. The van der Waals surface area contributed by atoms with Gasteiger partial charge >= 0.3 is 0 Å². The monoisotopic (exact) mass is 522 g/mol. The SMILES string of the molecule is Cc1ccc(S(=O)(=O)N2C[C@@H](c3ccccc3)[C@@]3(C(=O)N(Cc4ccccc4)c4ccccc43)C2=O)cc1. The fraction of sp³-hybridized carbons (Fsp3) is 0.161. The average molecular weight is 523 g/mol. The molecule has 2 atom stereocenters. The van der Waals surface area contributed by atoms with Crippen LogP contribution in [0.25, 0.3) is 0 Å². The summed E-state index contributed by atoms with van der Waals surface area (Å²) in [5.74, 6) is -1.80. The number of benzene rings is 4. The van der Waals surface area contributed by atoms with Gasteiger partial charge in [-0.1, -0.05) is 96.6 Å². The first-order valence-electron chi connectivity index (χ1n) is 12.5. The van der Waals surface area contributed by atoms with E-state index in [0.717, 1.165) is 21.0 Å². The highest BCUT2D eigenvalue weighted by atomic mass is 32.2. The van der Waals surface area contributed by atoms with E-state index in [1.54, 1.807) is 29.2 Å². The van der Waals surface area contributed by atoms with Crippen LogP contribution >= 0.6 is 0 Å². The van der Waals surface area contributed by atoms with Crippen molar-refractivity contribution >= 4 is 27.5 Å². The van der Waals surface area contributed by atoms with Crippen molar-refractivity contribution in [1.82, 2.24) is 4.31 Å². The summed E-state index contributed by atoms with van der Waals surface area (Å²) in [5.41, 5.74) is 2.05. The van der Waals surface area contributed by atoms with Crippen LogP contribution in [0.4, 0.5) is 5.69 Å². The van der Waals surface area contributed by atoms with E-state index in [1.807, 2.05) is 79.7 Å². The van der Waals surface area contributed by atoms with Gasteiger partial charge in [-0.15, -0.1) is 0 Å². The lowest BCUT2D eigenvalue weighted by Crippen LogP contribution is -2.49. The Hall–Kier alpha value is -4.23. The molecule has 2 aliphatic heterocycles. The molecular weight excluding hydrogens is 496 g/mol. The summed E-state index contributed by atoms with van der Waals surface area (Å²) >= 11 is 0. The Morgan fingerprint density at radius 1 is 0.763 bits per heavy atom. The number of aryl methyl sites for hydroxylation is 1. The third-order valence-electron chi connectivity index (χ3n) is 7.63. The lowest BCUT2D eigenvalue weighted by atomic mass is 9.70. The molecule has 1 fully saturated rings. The van der Waals surface area contributed by atoms with Gasteiger partial charge in [0.15, 0.2) is 5.41 Å². The molecule has 190 valence electrons. The zero-order chi connectivity index (χ0) is 26.5. The maximum Gasteiger partial charge on any atom is 0.266 e. The van der Waals surface area contributed by atoms with Crippen LogP contribution in [0.3, 0.4) is 0 Å². The van der Waals surface area contributed by atoms with Gasteiger partial charge in [-0.25, -0.2) is 12.7 Å². The van der Waals surface area contributed by atoms with Crippen LogP contribution in [0.15, 0.2) is 114 Å². The van der Waals surface area contributed by atoms with Gasteiger partial charge in [-0.3, -0.25) is 9.59 Å². The highest BCUT2D eigenvalue weighted by molar-refractivity contribution is 7.89. The summed E-state index contributed by atoms with van der Waals surface area (Å²) in [4.78, 5) is 30.6. The summed E-state index contributed by atoms with van der Waals surface area (Å²) in [6, 6.07) is 32.5. The van der Waals surface area contributed by atoms with E-state index in [9.17, 15) is 18.0 Å². The smallest absolute Gasteiger partial charge is 0.266 e. The molecule has 2 heterocycles. The normalized spacial score (nSPS) is 20.8. The molecule has 0 radical (unpaired) electrons. The number of fused-ring (bicyclic) bond motifs is 2. The van der Waals surface area contributed by atoms with Crippen LogP contribution in [0.1, 0.15) is 28.2 Å². The molecule has 6 nitrogen and oxygen atoms in total. The molecule has 4 aromatic rings. The zero-order valence-electron chi connectivity index (χ0n) is 20.8. The topological polar surface area (TPSA) is 74.8 Å². The van der Waals surface area contributed by atoms with Gasteiger partial charge in [0, 0.05) is 23.7 Å². The zero-order valence-corrected chi connectivity index (χ0v) is 21.6. The first kappa shape index (κ1) is 24.1. The molecule has 0 bridgehead atoms. The molecule has 2 aliphatic rings. The lowest BCUT2D eigenvalue weighted by molar-refractivity contribution is -0.136. The molecule has 7 heteroatoms. The Bertz CT molecular complexity index is 1640. The lowest BCUT2D eigenvalue weighted by Gasteiger charge is -2.28. The minimum absolute atomic E-state index is 0.0279. The molecule has 6 rings (SSSR count). The van der Waals surface area contributed by atoms with Gasteiger partial charge in [-0.2, -0.15) is 0 Å². The molecule has 4 aromatic carbocycles. The van der Waals surface area contributed by atoms with E-state index in [4.69, 9.17) is 0 Å². The van der Waals surface area contributed by atoms with Crippen molar-refractivity contribution in [2.75, 3.05) is 11.4 Å². The molecule has 1 spiro atoms. The second kappa shape index (κ2) is 8.96. The van der Waals surface area contributed by atoms with Crippen LogP contribution in [0.2, 0.25) is 0 Å². The van der Waals surface area contributed by atoms with Crippen LogP contribution in [-0.4, -0.2) is 31.1 Å². The molecule has 2 amide bonds. The van der Waals surface area contributed by atoms with Gasteiger partial charge < -0.3 is 4.90 Å². The van der Waals surface area contributed by atoms with E-state index < -0.39 is 33.2 Å². The number of nitrogens with zero attached hydrogens (tertiary/aromatic N) is 2. The Labute approximate surface area is 222 Å². The minimum Gasteiger partial charge on any atom is -0.306 e. The highest BCUT2D eigenvalue weighted by Gasteiger charge is 2.67. The third kappa shape index (κ3) is 3.50. The van der Waals surface area contributed by atoms with E-state index >= 15 is 0 Å². The van der Waals surface area contributed by atoms with Crippen molar-refractivity contribution in [3.05, 3.63) is 131 Å². The molecule has 0 saturated carbocycles. The number of carbonyl (C=O) groups excluding carboxylic acids is 2. The largest absolute Gasteiger partial charge is 0.306 e. The molecule has 1 saturated heterocycles.